The van der Waals surface area contributed by atoms with Crippen molar-refractivity contribution in [1.29, 1.82) is 0 Å². The first-order chi connectivity index (χ1) is 12.6. The maximum atomic E-state index is 13.6. The Morgan fingerprint density at radius 1 is 1.31 bits per heavy atom. The van der Waals surface area contributed by atoms with E-state index in [1.165, 1.54) is 18.5 Å². The van der Waals surface area contributed by atoms with E-state index in [2.05, 4.69) is 19.9 Å². The quantitative estimate of drug-likeness (QED) is 0.738. The summed E-state index contributed by atoms with van der Waals surface area (Å²) in [4.78, 5) is 25.8. The van der Waals surface area contributed by atoms with Crippen molar-refractivity contribution in [2.75, 3.05) is 18.0 Å². The van der Waals surface area contributed by atoms with Crippen molar-refractivity contribution in [3.63, 3.8) is 0 Å². The molecule has 5 rings (SSSR count). The molecular weight excluding hydrogens is 335 g/mol. The van der Waals surface area contributed by atoms with Crippen LogP contribution in [0.2, 0.25) is 0 Å². The lowest BCUT2D eigenvalue weighted by molar-refractivity contribution is -0.150. The zero-order chi connectivity index (χ0) is 17.9. The molecule has 134 valence electrons. The smallest absolute Gasteiger partial charge is 0.308 e. The van der Waals surface area contributed by atoms with Crippen LogP contribution in [0.25, 0.3) is 21.9 Å². The van der Waals surface area contributed by atoms with E-state index in [0.29, 0.717) is 17.7 Å². The maximum absolute atomic E-state index is 13.6. The first-order valence-corrected chi connectivity index (χ1v) is 8.97. The van der Waals surface area contributed by atoms with E-state index in [0.717, 1.165) is 48.8 Å². The van der Waals surface area contributed by atoms with E-state index in [1.807, 2.05) is 0 Å². The van der Waals surface area contributed by atoms with E-state index in [4.69, 9.17) is 0 Å². The number of nitrogens with one attached hydrogen (secondary N) is 1. The van der Waals surface area contributed by atoms with Gasteiger partial charge in [-0.3, -0.25) is 4.79 Å². The molecule has 1 saturated heterocycles. The molecule has 1 aromatic carbocycles. The van der Waals surface area contributed by atoms with Crippen molar-refractivity contribution in [2.45, 2.75) is 25.7 Å². The minimum atomic E-state index is -0.722. The van der Waals surface area contributed by atoms with Gasteiger partial charge in [-0.05, 0) is 42.9 Å². The molecule has 0 unspecified atom stereocenters. The van der Waals surface area contributed by atoms with Crippen LogP contribution in [0.4, 0.5) is 10.2 Å². The third-order valence-corrected chi connectivity index (χ3v) is 6.30. The van der Waals surface area contributed by atoms with Crippen LogP contribution in [0.15, 0.2) is 24.5 Å². The van der Waals surface area contributed by atoms with Gasteiger partial charge in [0.05, 0.1) is 16.8 Å². The number of aromatic amines is 1. The lowest BCUT2D eigenvalue weighted by atomic mass is 9.57. The van der Waals surface area contributed by atoms with Gasteiger partial charge in [-0.15, -0.1) is 0 Å². The molecule has 0 amide bonds. The Morgan fingerprint density at radius 3 is 2.88 bits per heavy atom. The number of H-pyrrole nitrogens is 1. The highest BCUT2D eigenvalue weighted by Crippen LogP contribution is 2.53. The summed E-state index contributed by atoms with van der Waals surface area (Å²) < 4.78 is 13.6. The highest BCUT2D eigenvalue weighted by atomic mass is 19.1. The lowest BCUT2D eigenvalue weighted by Gasteiger charge is -2.52. The molecule has 7 heteroatoms. The van der Waals surface area contributed by atoms with E-state index in [1.54, 1.807) is 6.07 Å². The second-order valence-electron chi connectivity index (χ2n) is 7.54. The second-order valence-corrected chi connectivity index (χ2v) is 7.54. The minimum Gasteiger partial charge on any atom is -0.481 e. The summed E-state index contributed by atoms with van der Waals surface area (Å²) in [5.74, 6) is -0.680. The number of rotatable bonds is 2. The number of aromatic nitrogens is 3. The van der Waals surface area contributed by atoms with Crippen LogP contribution in [-0.2, 0) is 4.79 Å². The summed E-state index contributed by atoms with van der Waals surface area (Å²) in [7, 11) is 0. The third-order valence-electron chi connectivity index (χ3n) is 6.30. The molecule has 1 spiro atoms. The molecule has 1 saturated carbocycles. The summed E-state index contributed by atoms with van der Waals surface area (Å²) in [6.45, 7) is 1.24. The number of piperidine rings is 1. The number of hydrogen-bond donors (Lipinski definition) is 2. The zero-order valence-corrected chi connectivity index (χ0v) is 14.2. The topological polar surface area (TPSA) is 82.1 Å². The molecule has 26 heavy (non-hydrogen) atoms. The van der Waals surface area contributed by atoms with Crippen LogP contribution >= 0.6 is 0 Å². The fraction of sp³-hybridized carbons (Fsp3) is 0.421. The number of fused-ring (bicyclic) bond motifs is 3. The molecular formula is C19H19FN4O2. The number of carboxylic acid groups (broad SMARTS) is 1. The first-order valence-electron chi connectivity index (χ1n) is 8.97. The van der Waals surface area contributed by atoms with Gasteiger partial charge in [0.1, 0.15) is 23.6 Å². The van der Waals surface area contributed by atoms with Crippen molar-refractivity contribution in [2.24, 2.45) is 11.3 Å². The van der Waals surface area contributed by atoms with Crippen LogP contribution in [0.1, 0.15) is 25.7 Å². The predicted octanol–water partition coefficient (Wildman–Crippen LogP) is 3.33. The molecule has 1 atom stereocenters. The van der Waals surface area contributed by atoms with Gasteiger partial charge >= 0.3 is 5.97 Å². The zero-order valence-electron chi connectivity index (χ0n) is 14.2. The van der Waals surface area contributed by atoms with Gasteiger partial charge in [-0.2, -0.15) is 0 Å². The molecule has 2 fully saturated rings. The van der Waals surface area contributed by atoms with Gasteiger partial charge in [0.15, 0.2) is 0 Å². The molecule has 2 aliphatic rings. The van der Waals surface area contributed by atoms with Gasteiger partial charge in [0.2, 0.25) is 0 Å². The van der Waals surface area contributed by atoms with Crippen molar-refractivity contribution in [3.05, 3.63) is 30.3 Å². The van der Waals surface area contributed by atoms with Gasteiger partial charge < -0.3 is 15.0 Å². The fourth-order valence-electron chi connectivity index (χ4n) is 4.72. The molecule has 3 heterocycles. The average molecular weight is 354 g/mol. The van der Waals surface area contributed by atoms with Crippen molar-refractivity contribution in [3.8, 4) is 0 Å². The van der Waals surface area contributed by atoms with Crippen LogP contribution in [0.5, 0.6) is 0 Å². The molecule has 1 aliphatic carbocycles. The van der Waals surface area contributed by atoms with Gasteiger partial charge in [0.25, 0.3) is 0 Å². The molecule has 3 aromatic rings. The van der Waals surface area contributed by atoms with Crippen molar-refractivity contribution < 1.29 is 14.3 Å². The monoisotopic (exact) mass is 354 g/mol. The van der Waals surface area contributed by atoms with Crippen molar-refractivity contribution >= 4 is 33.7 Å². The van der Waals surface area contributed by atoms with E-state index >= 15 is 0 Å². The Morgan fingerprint density at radius 2 is 2.15 bits per heavy atom. The van der Waals surface area contributed by atoms with E-state index in [-0.39, 0.29) is 17.2 Å². The molecule has 0 bridgehead atoms. The number of nitrogens with zero attached hydrogens (tertiary/aromatic N) is 3. The second kappa shape index (κ2) is 5.40. The number of carboxylic acids is 1. The van der Waals surface area contributed by atoms with Crippen LogP contribution in [-0.4, -0.2) is 39.1 Å². The summed E-state index contributed by atoms with van der Waals surface area (Å²) in [5, 5.41) is 11.5. The molecule has 6 nitrogen and oxygen atoms in total. The average Bonchev–Trinajstić information content (AvgIpc) is 2.97. The lowest BCUT2D eigenvalue weighted by Crippen LogP contribution is -2.53. The summed E-state index contributed by atoms with van der Waals surface area (Å²) in [5.41, 5.74) is 1.27. The minimum absolute atomic E-state index is 0.0438. The summed E-state index contributed by atoms with van der Waals surface area (Å²) in [6.07, 6.45) is 5.47. The third kappa shape index (κ3) is 2.12. The van der Waals surface area contributed by atoms with Gasteiger partial charge in [-0.25, -0.2) is 14.4 Å². The largest absolute Gasteiger partial charge is 0.481 e. The molecule has 0 radical (unpaired) electrons. The normalized spacial score (nSPS) is 22.0. The summed E-state index contributed by atoms with van der Waals surface area (Å²) in [6, 6.07) is 4.59. The van der Waals surface area contributed by atoms with Crippen molar-refractivity contribution in [1.82, 2.24) is 15.0 Å². The SMILES string of the molecule is O=C(O)[C@H]1CN(c2ncnc3[nH]c4cc(F)ccc4c23)CCC12CCC2. The number of carbonyl (C=O) groups is 1. The highest BCUT2D eigenvalue weighted by molar-refractivity contribution is 6.11. The maximum Gasteiger partial charge on any atom is 0.308 e. The molecule has 2 aromatic heterocycles. The standard InChI is InChI=1S/C19H19FN4O2/c20-11-2-3-12-14(8-11)23-16-15(12)17(22-10-21-16)24-7-6-19(4-1-5-19)13(9-24)18(25)26/h2-3,8,10,13H,1,4-7,9H2,(H,25,26)(H,21,22,23)/t13-/m1/s1. The van der Waals surface area contributed by atoms with E-state index < -0.39 is 5.97 Å². The van der Waals surface area contributed by atoms with Crippen LogP contribution < -0.4 is 4.90 Å². The number of anilines is 1. The molecule has 2 N–H and O–H groups in total. The Bertz CT molecular complexity index is 1030. The highest BCUT2D eigenvalue weighted by Gasteiger charge is 2.50. The Balaban J connectivity index is 1.61. The number of aliphatic carboxylic acids is 1. The number of halogens is 1. The van der Waals surface area contributed by atoms with Gasteiger partial charge in [-0.1, -0.05) is 6.42 Å². The number of hydrogen-bond acceptors (Lipinski definition) is 4. The number of benzene rings is 1. The van der Waals surface area contributed by atoms with Gasteiger partial charge in [0, 0.05) is 18.5 Å². The van der Waals surface area contributed by atoms with E-state index in [9.17, 15) is 14.3 Å². The fourth-order valence-corrected chi connectivity index (χ4v) is 4.72. The van der Waals surface area contributed by atoms with Crippen LogP contribution in [0.3, 0.4) is 0 Å². The predicted molar refractivity (Wildman–Crippen MR) is 95.6 cm³/mol. The van der Waals surface area contributed by atoms with Crippen LogP contribution in [0, 0.1) is 17.2 Å². The molecule has 1 aliphatic heterocycles. The Kier molecular flexibility index (Phi) is 3.23. The Labute approximate surface area is 149 Å². The Hall–Kier alpha value is -2.70. The first kappa shape index (κ1) is 15.5. The summed E-state index contributed by atoms with van der Waals surface area (Å²) >= 11 is 0.